The van der Waals surface area contributed by atoms with Gasteiger partial charge in [-0.05, 0) is 36.8 Å². The zero-order valence-corrected chi connectivity index (χ0v) is 18.1. The van der Waals surface area contributed by atoms with Crippen molar-refractivity contribution >= 4 is 16.9 Å². The lowest BCUT2D eigenvalue weighted by Crippen LogP contribution is -2.38. The summed E-state index contributed by atoms with van der Waals surface area (Å²) in [6.45, 7) is 11.9. The molecule has 2 aromatic heterocycles. The first-order valence-corrected chi connectivity index (χ1v) is 10.7. The average Bonchev–Trinajstić information content (AvgIpc) is 3.32. The summed E-state index contributed by atoms with van der Waals surface area (Å²) in [7, 11) is 0. The maximum Gasteiger partial charge on any atom is 0.191 e. The van der Waals surface area contributed by atoms with Gasteiger partial charge in [-0.1, -0.05) is 39.0 Å². The summed E-state index contributed by atoms with van der Waals surface area (Å²) in [5.41, 5.74) is 3.97. The first kappa shape index (κ1) is 21.0. The fourth-order valence-electron chi connectivity index (χ4n) is 3.64. The largest absolute Gasteiger partial charge is 0.361 e. The fraction of sp³-hybridized carbons (Fsp3) is 0.478. The van der Waals surface area contributed by atoms with Crippen LogP contribution in [0.15, 0.2) is 41.8 Å². The predicted octanol–water partition coefficient (Wildman–Crippen LogP) is 3.88. The van der Waals surface area contributed by atoms with E-state index in [2.05, 4.69) is 77.3 Å². The molecule has 0 amide bonds. The quantitative estimate of drug-likeness (QED) is 0.381. The molecule has 0 spiro atoms. The molecule has 0 unspecified atom stereocenters. The highest BCUT2D eigenvalue weighted by atomic mass is 15.2. The summed E-state index contributed by atoms with van der Waals surface area (Å²) in [5.74, 6) is 2.42. The zero-order valence-electron chi connectivity index (χ0n) is 18.1. The van der Waals surface area contributed by atoms with Crippen molar-refractivity contribution in [2.75, 3.05) is 13.1 Å². The third-order valence-electron chi connectivity index (χ3n) is 5.04. The van der Waals surface area contributed by atoms with E-state index in [0.717, 1.165) is 44.3 Å². The van der Waals surface area contributed by atoms with Crippen LogP contribution in [0.2, 0.25) is 0 Å². The molecule has 2 heterocycles. The normalized spacial score (nSPS) is 12.1. The molecular weight excluding hydrogens is 360 g/mol. The summed E-state index contributed by atoms with van der Waals surface area (Å²) < 4.78 is 2.19. The number of benzene rings is 1. The SMILES string of the molecule is CCNC(=NCc1nccn1CC(C)C)NCCc1c[nH]c2c(CC)cccc12. The first-order chi connectivity index (χ1) is 14.1. The van der Waals surface area contributed by atoms with Crippen LogP contribution >= 0.6 is 0 Å². The fourth-order valence-corrected chi connectivity index (χ4v) is 3.64. The molecule has 1 aromatic carbocycles. The standard InChI is InChI=1S/C23H34N6/c1-5-18-8-7-9-20-19(14-27-22(18)20)10-11-26-23(24-6-2)28-15-21-25-12-13-29(21)16-17(3)4/h7-9,12-14,17,27H,5-6,10-11,15-16H2,1-4H3,(H2,24,26,28). The molecule has 0 saturated carbocycles. The van der Waals surface area contributed by atoms with Crippen molar-refractivity contribution in [3.63, 3.8) is 0 Å². The summed E-state index contributed by atoms with van der Waals surface area (Å²) in [6, 6.07) is 6.55. The highest BCUT2D eigenvalue weighted by molar-refractivity contribution is 5.86. The second kappa shape index (κ2) is 10.1. The maximum atomic E-state index is 4.74. The van der Waals surface area contributed by atoms with Gasteiger partial charge in [0.2, 0.25) is 0 Å². The molecule has 0 atom stereocenters. The van der Waals surface area contributed by atoms with E-state index in [0.29, 0.717) is 12.5 Å². The minimum Gasteiger partial charge on any atom is -0.361 e. The summed E-state index contributed by atoms with van der Waals surface area (Å²) >= 11 is 0. The molecule has 0 aliphatic rings. The van der Waals surface area contributed by atoms with Crippen LogP contribution in [-0.4, -0.2) is 33.6 Å². The number of aromatic nitrogens is 3. The average molecular weight is 395 g/mol. The van der Waals surface area contributed by atoms with Crippen LogP contribution < -0.4 is 10.6 Å². The van der Waals surface area contributed by atoms with E-state index in [4.69, 9.17) is 4.99 Å². The molecule has 0 radical (unpaired) electrons. The number of aryl methyl sites for hydroxylation is 1. The highest BCUT2D eigenvalue weighted by Crippen LogP contribution is 2.22. The minimum absolute atomic E-state index is 0.571. The van der Waals surface area contributed by atoms with Crippen LogP contribution in [-0.2, 0) is 25.9 Å². The number of hydrogen-bond acceptors (Lipinski definition) is 2. The molecule has 0 bridgehead atoms. The molecule has 29 heavy (non-hydrogen) atoms. The molecular formula is C23H34N6. The van der Waals surface area contributed by atoms with Gasteiger partial charge in [0, 0.05) is 49.1 Å². The number of aliphatic imine (C=N–C) groups is 1. The first-order valence-electron chi connectivity index (χ1n) is 10.7. The van der Waals surface area contributed by atoms with Crippen molar-refractivity contribution in [2.45, 2.75) is 53.6 Å². The van der Waals surface area contributed by atoms with Crippen molar-refractivity contribution in [2.24, 2.45) is 10.9 Å². The van der Waals surface area contributed by atoms with Crippen molar-refractivity contribution in [1.82, 2.24) is 25.2 Å². The number of rotatable bonds is 9. The van der Waals surface area contributed by atoms with Gasteiger partial charge in [0.05, 0.1) is 0 Å². The minimum atomic E-state index is 0.571. The number of para-hydroxylation sites is 1. The van der Waals surface area contributed by atoms with Gasteiger partial charge in [-0.25, -0.2) is 9.98 Å². The molecule has 0 saturated heterocycles. The predicted molar refractivity (Wildman–Crippen MR) is 121 cm³/mol. The Morgan fingerprint density at radius 2 is 2.07 bits per heavy atom. The van der Waals surface area contributed by atoms with Gasteiger partial charge < -0.3 is 20.2 Å². The van der Waals surface area contributed by atoms with Gasteiger partial charge in [-0.15, -0.1) is 0 Å². The summed E-state index contributed by atoms with van der Waals surface area (Å²) in [5, 5.41) is 8.12. The van der Waals surface area contributed by atoms with E-state index >= 15 is 0 Å². The number of hydrogen-bond donors (Lipinski definition) is 3. The summed E-state index contributed by atoms with van der Waals surface area (Å²) in [4.78, 5) is 12.7. The lowest BCUT2D eigenvalue weighted by molar-refractivity contribution is 0.507. The van der Waals surface area contributed by atoms with Crippen molar-refractivity contribution in [3.8, 4) is 0 Å². The highest BCUT2D eigenvalue weighted by Gasteiger charge is 2.08. The molecule has 0 aliphatic heterocycles. The number of H-pyrrole nitrogens is 1. The van der Waals surface area contributed by atoms with Gasteiger partial charge in [0.15, 0.2) is 5.96 Å². The Balaban J connectivity index is 1.61. The van der Waals surface area contributed by atoms with Gasteiger partial charge in [0.25, 0.3) is 0 Å². The van der Waals surface area contributed by atoms with Crippen LogP contribution in [0, 0.1) is 5.92 Å². The Morgan fingerprint density at radius 1 is 1.21 bits per heavy atom. The van der Waals surface area contributed by atoms with Gasteiger partial charge in [-0.2, -0.15) is 0 Å². The van der Waals surface area contributed by atoms with Crippen LogP contribution in [0.1, 0.15) is 44.6 Å². The van der Waals surface area contributed by atoms with E-state index in [1.54, 1.807) is 0 Å². The maximum absolute atomic E-state index is 4.74. The number of guanidine groups is 1. The smallest absolute Gasteiger partial charge is 0.191 e. The number of aromatic amines is 1. The van der Waals surface area contributed by atoms with Crippen LogP contribution in [0.25, 0.3) is 10.9 Å². The molecule has 6 heteroatoms. The van der Waals surface area contributed by atoms with Crippen molar-refractivity contribution in [1.29, 1.82) is 0 Å². The van der Waals surface area contributed by atoms with Gasteiger partial charge in [0.1, 0.15) is 12.4 Å². The molecule has 0 aliphatic carbocycles. The van der Waals surface area contributed by atoms with E-state index in [9.17, 15) is 0 Å². The second-order valence-electron chi connectivity index (χ2n) is 7.77. The monoisotopic (exact) mass is 394 g/mol. The molecule has 3 aromatic rings. The Morgan fingerprint density at radius 3 is 2.83 bits per heavy atom. The zero-order chi connectivity index (χ0) is 20.6. The van der Waals surface area contributed by atoms with E-state index in [1.807, 2.05) is 12.4 Å². The van der Waals surface area contributed by atoms with Crippen molar-refractivity contribution < 1.29 is 0 Å². The molecule has 3 N–H and O–H groups in total. The Hall–Kier alpha value is -2.76. The molecule has 6 nitrogen and oxygen atoms in total. The van der Waals surface area contributed by atoms with E-state index in [-0.39, 0.29) is 0 Å². The molecule has 0 fully saturated rings. The number of nitrogens with one attached hydrogen (secondary N) is 3. The third-order valence-corrected chi connectivity index (χ3v) is 5.04. The van der Waals surface area contributed by atoms with Crippen LogP contribution in [0.4, 0.5) is 0 Å². The van der Waals surface area contributed by atoms with E-state index < -0.39 is 0 Å². The van der Waals surface area contributed by atoms with E-state index in [1.165, 1.54) is 22.0 Å². The van der Waals surface area contributed by atoms with Gasteiger partial charge >= 0.3 is 0 Å². The van der Waals surface area contributed by atoms with Crippen LogP contribution in [0.3, 0.4) is 0 Å². The summed E-state index contributed by atoms with van der Waals surface area (Å²) in [6.07, 6.45) is 8.01. The molecule has 3 rings (SSSR count). The van der Waals surface area contributed by atoms with Gasteiger partial charge in [-0.3, -0.25) is 0 Å². The molecule has 156 valence electrons. The van der Waals surface area contributed by atoms with Crippen LogP contribution in [0.5, 0.6) is 0 Å². The number of nitrogens with zero attached hydrogens (tertiary/aromatic N) is 3. The van der Waals surface area contributed by atoms with Crippen molar-refractivity contribution in [3.05, 3.63) is 53.7 Å². The topological polar surface area (TPSA) is 70.0 Å². The Kier molecular flexibility index (Phi) is 7.33. The number of imidazole rings is 1. The Labute approximate surface area is 173 Å². The second-order valence-corrected chi connectivity index (χ2v) is 7.77. The lowest BCUT2D eigenvalue weighted by Gasteiger charge is -2.12. The third kappa shape index (κ3) is 5.40. The lowest BCUT2D eigenvalue weighted by atomic mass is 10.1. The Bertz CT molecular complexity index is 934. The number of fused-ring (bicyclic) bond motifs is 1.